The van der Waals surface area contributed by atoms with Crippen LogP contribution in [0.2, 0.25) is 0 Å². The number of nitro groups is 1. The molecule has 0 radical (unpaired) electrons. The number of rotatable bonds is 6. The van der Waals surface area contributed by atoms with Gasteiger partial charge in [-0.15, -0.1) is 0 Å². The molecule has 2 aromatic rings. The first-order valence-corrected chi connectivity index (χ1v) is 7.10. The highest BCUT2D eigenvalue weighted by Crippen LogP contribution is 2.29. The van der Waals surface area contributed by atoms with Gasteiger partial charge in [0.25, 0.3) is 0 Å². The van der Waals surface area contributed by atoms with Gasteiger partial charge in [0.05, 0.1) is 4.92 Å². The molecular weight excluding hydrogens is 328 g/mol. The van der Waals surface area contributed by atoms with E-state index in [1.807, 2.05) is 6.92 Å². The van der Waals surface area contributed by atoms with Crippen molar-refractivity contribution < 1.29 is 9.66 Å². The fourth-order valence-electron chi connectivity index (χ4n) is 1.72. The van der Waals surface area contributed by atoms with Gasteiger partial charge < -0.3 is 4.74 Å². The van der Waals surface area contributed by atoms with Crippen LogP contribution in [0.1, 0.15) is 18.3 Å². The molecular formula is C12H13BrN4O3. The van der Waals surface area contributed by atoms with Gasteiger partial charge in [-0.1, -0.05) is 22.0 Å². The van der Waals surface area contributed by atoms with Gasteiger partial charge in [0.15, 0.2) is 11.6 Å². The van der Waals surface area contributed by atoms with Gasteiger partial charge in [-0.05, 0) is 18.6 Å². The van der Waals surface area contributed by atoms with Crippen molar-refractivity contribution in [3.8, 4) is 5.75 Å². The summed E-state index contributed by atoms with van der Waals surface area (Å²) >= 11 is 3.27. The molecule has 0 bridgehead atoms. The Morgan fingerprint density at radius 3 is 2.95 bits per heavy atom. The number of hydrogen-bond acceptors (Lipinski definition) is 5. The summed E-state index contributed by atoms with van der Waals surface area (Å²) in [6, 6.07) is 4.87. The molecule has 106 valence electrons. The van der Waals surface area contributed by atoms with Crippen molar-refractivity contribution in [3.63, 3.8) is 0 Å². The third-order valence-electron chi connectivity index (χ3n) is 2.73. The average molecular weight is 341 g/mol. The number of hydrogen-bond donors (Lipinski definition) is 0. The molecule has 2 rings (SSSR count). The molecule has 0 amide bonds. The summed E-state index contributed by atoms with van der Waals surface area (Å²) in [5.41, 5.74) is 0.769. The molecule has 0 saturated heterocycles. The second kappa shape index (κ2) is 6.47. The molecule has 1 aromatic heterocycles. The maximum Gasteiger partial charge on any atom is 0.311 e. The summed E-state index contributed by atoms with van der Waals surface area (Å²) < 4.78 is 7.18. The third-order valence-corrected chi connectivity index (χ3v) is 3.37. The van der Waals surface area contributed by atoms with E-state index in [1.54, 1.807) is 16.8 Å². The van der Waals surface area contributed by atoms with Crippen molar-refractivity contribution in [1.29, 1.82) is 0 Å². The zero-order valence-electron chi connectivity index (χ0n) is 10.8. The standard InChI is InChI=1S/C12H13BrN4O3/c1-2-16-12(14-8-15-16)7-20-11-4-3-9(6-13)5-10(11)17(18)19/h3-5,8H,2,6-7H2,1H3. The Kier molecular flexibility index (Phi) is 4.67. The molecule has 20 heavy (non-hydrogen) atoms. The van der Waals surface area contributed by atoms with E-state index in [4.69, 9.17) is 4.74 Å². The minimum Gasteiger partial charge on any atom is -0.479 e. The Balaban J connectivity index is 2.19. The second-order valence-electron chi connectivity index (χ2n) is 3.97. The number of nitro benzene ring substituents is 1. The van der Waals surface area contributed by atoms with Crippen LogP contribution >= 0.6 is 15.9 Å². The van der Waals surface area contributed by atoms with Crippen LogP contribution in [0.25, 0.3) is 0 Å². The van der Waals surface area contributed by atoms with Gasteiger partial charge in [0, 0.05) is 17.9 Å². The lowest BCUT2D eigenvalue weighted by Gasteiger charge is -2.08. The quantitative estimate of drug-likeness (QED) is 0.458. The molecule has 0 aliphatic rings. The molecule has 8 heteroatoms. The fraction of sp³-hybridized carbons (Fsp3) is 0.333. The molecule has 0 saturated carbocycles. The van der Waals surface area contributed by atoms with Crippen molar-refractivity contribution in [2.75, 3.05) is 0 Å². The topological polar surface area (TPSA) is 83.1 Å². The highest BCUT2D eigenvalue weighted by atomic mass is 79.9. The van der Waals surface area contributed by atoms with Crippen LogP contribution in [0, 0.1) is 10.1 Å². The van der Waals surface area contributed by atoms with Crippen LogP contribution in [0.15, 0.2) is 24.5 Å². The average Bonchev–Trinajstić information content (AvgIpc) is 2.92. The van der Waals surface area contributed by atoms with E-state index in [9.17, 15) is 10.1 Å². The van der Waals surface area contributed by atoms with E-state index in [1.165, 1.54) is 12.4 Å². The lowest BCUT2D eigenvalue weighted by molar-refractivity contribution is -0.386. The predicted octanol–water partition coefficient (Wildman–Crippen LogP) is 2.68. The van der Waals surface area contributed by atoms with Crippen LogP contribution in [-0.2, 0) is 18.5 Å². The van der Waals surface area contributed by atoms with Gasteiger partial charge in [-0.25, -0.2) is 9.67 Å². The van der Waals surface area contributed by atoms with Gasteiger partial charge >= 0.3 is 5.69 Å². The van der Waals surface area contributed by atoms with E-state index < -0.39 is 4.92 Å². The summed E-state index contributed by atoms with van der Waals surface area (Å²) in [5.74, 6) is 0.858. The van der Waals surface area contributed by atoms with Crippen molar-refractivity contribution in [2.24, 2.45) is 0 Å². The first-order valence-electron chi connectivity index (χ1n) is 5.98. The minimum atomic E-state index is -0.452. The summed E-state index contributed by atoms with van der Waals surface area (Å²) in [6.07, 6.45) is 1.44. The molecule has 0 aliphatic heterocycles. The number of nitrogens with zero attached hydrogens (tertiary/aromatic N) is 4. The van der Waals surface area contributed by atoms with Crippen molar-refractivity contribution in [3.05, 3.63) is 46.0 Å². The number of aryl methyl sites for hydroxylation is 1. The van der Waals surface area contributed by atoms with Crippen LogP contribution in [-0.4, -0.2) is 19.7 Å². The minimum absolute atomic E-state index is 0.0514. The van der Waals surface area contributed by atoms with Crippen LogP contribution in [0.3, 0.4) is 0 Å². The smallest absolute Gasteiger partial charge is 0.311 e. The zero-order valence-corrected chi connectivity index (χ0v) is 12.4. The molecule has 7 nitrogen and oxygen atoms in total. The van der Waals surface area contributed by atoms with Gasteiger partial charge in [-0.2, -0.15) is 5.10 Å². The molecule has 0 aliphatic carbocycles. The maximum absolute atomic E-state index is 11.1. The Morgan fingerprint density at radius 2 is 2.30 bits per heavy atom. The summed E-state index contributed by atoms with van der Waals surface area (Å²) in [6.45, 7) is 2.75. The SMILES string of the molecule is CCn1ncnc1COc1ccc(CBr)cc1[N+](=O)[O-]. The summed E-state index contributed by atoms with van der Waals surface area (Å²) in [7, 11) is 0. The maximum atomic E-state index is 11.1. The lowest BCUT2D eigenvalue weighted by Crippen LogP contribution is -2.08. The predicted molar refractivity (Wildman–Crippen MR) is 75.8 cm³/mol. The van der Waals surface area contributed by atoms with Gasteiger partial charge in [0.1, 0.15) is 12.9 Å². The molecule has 0 N–H and O–H groups in total. The number of aromatic nitrogens is 3. The Bertz CT molecular complexity index is 614. The number of ether oxygens (including phenoxy) is 1. The van der Waals surface area contributed by atoms with E-state index in [0.717, 1.165) is 5.56 Å². The van der Waals surface area contributed by atoms with Crippen LogP contribution < -0.4 is 4.74 Å². The largest absolute Gasteiger partial charge is 0.479 e. The number of halogens is 1. The Morgan fingerprint density at radius 1 is 1.50 bits per heavy atom. The van der Waals surface area contributed by atoms with Crippen LogP contribution in [0.5, 0.6) is 5.75 Å². The third kappa shape index (κ3) is 3.13. The Hall–Kier alpha value is -1.96. The monoisotopic (exact) mass is 340 g/mol. The summed E-state index contributed by atoms with van der Waals surface area (Å²) in [5, 5.41) is 15.6. The second-order valence-corrected chi connectivity index (χ2v) is 4.53. The lowest BCUT2D eigenvalue weighted by atomic mass is 10.2. The van der Waals surface area contributed by atoms with E-state index in [2.05, 4.69) is 26.0 Å². The highest BCUT2D eigenvalue weighted by Gasteiger charge is 2.16. The highest BCUT2D eigenvalue weighted by molar-refractivity contribution is 9.08. The van der Waals surface area contributed by atoms with Crippen molar-refractivity contribution in [1.82, 2.24) is 14.8 Å². The zero-order chi connectivity index (χ0) is 14.5. The van der Waals surface area contributed by atoms with E-state index >= 15 is 0 Å². The number of alkyl halides is 1. The molecule has 0 spiro atoms. The van der Waals surface area contributed by atoms with Gasteiger partial charge in [-0.3, -0.25) is 10.1 Å². The van der Waals surface area contributed by atoms with Crippen molar-refractivity contribution in [2.45, 2.75) is 25.4 Å². The first kappa shape index (κ1) is 14.4. The Labute approximate surface area is 123 Å². The molecule has 1 heterocycles. The van der Waals surface area contributed by atoms with Crippen LogP contribution in [0.4, 0.5) is 5.69 Å². The summed E-state index contributed by atoms with van der Waals surface area (Å²) in [4.78, 5) is 14.7. The normalized spacial score (nSPS) is 10.5. The van der Waals surface area contributed by atoms with Crippen molar-refractivity contribution >= 4 is 21.6 Å². The molecule has 0 fully saturated rings. The number of benzene rings is 1. The molecule has 0 unspecified atom stereocenters. The molecule has 0 atom stereocenters. The van der Waals surface area contributed by atoms with Gasteiger partial charge in [0.2, 0.25) is 0 Å². The fourth-order valence-corrected chi connectivity index (χ4v) is 2.07. The molecule has 1 aromatic carbocycles. The first-order chi connectivity index (χ1) is 9.65. The van der Waals surface area contributed by atoms with E-state index in [0.29, 0.717) is 17.7 Å². The van der Waals surface area contributed by atoms with E-state index in [-0.39, 0.29) is 18.0 Å².